The lowest BCUT2D eigenvalue weighted by Gasteiger charge is -2.29. The van der Waals surface area contributed by atoms with E-state index >= 15 is 0 Å². The third-order valence-electron chi connectivity index (χ3n) is 5.45. The molecule has 3 aliphatic heterocycles. The number of imidazole rings is 1. The normalized spacial score (nSPS) is 32.4. The molecule has 2 amide bonds. The van der Waals surface area contributed by atoms with E-state index < -0.39 is 17.4 Å². The number of nitrogens with zero attached hydrogens (tertiary/aromatic N) is 3. The Bertz CT molecular complexity index is 751. The van der Waals surface area contributed by atoms with Crippen LogP contribution in [0.15, 0.2) is 24.5 Å². The van der Waals surface area contributed by atoms with Crippen molar-refractivity contribution in [3.63, 3.8) is 0 Å². The number of ether oxygens (including phenoxy) is 1. The number of carbonyl (C=O) groups is 2. The molecular weight excluding hydrogens is 332 g/mol. The molecule has 7 heteroatoms. The minimum Gasteiger partial charge on any atom is -0.360 e. The SMILES string of the molecule is CN(Cc1ncc[nH]1)C(=O)[C@H]1[C@@H]2C=C[C@@]3(CN(CC(C)(C)C)C(=O)[C@H]13)O2. The summed E-state index contributed by atoms with van der Waals surface area (Å²) in [6.45, 7) is 7.92. The van der Waals surface area contributed by atoms with Crippen LogP contribution in [0.3, 0.4) is 0 Å². The maximum Gasteiger partial charge on any atom is 0.230 e. The predicted octanol–water partition coefficient (Wildman–Crippen LogP) is 1.20. The van der Waals surface area contributed by atoms with E-state index in [4.69, 9.17) is 4.74 Å². The number of hydrogen-bond acceptors (Lipinski definition) is 4. The highest BCUT2D eigenvalue weighted by molar-refractivity contribution is 5.93. The molecule has 0 saturated carbocycles. The van der Waals surface area contributed by atoms with E-state index in [9.17, 15) is 9.59 Å². The van der Waals surface area contributed by atoms with Crippen LogP contribution in [-0.2, 0) is 20.9 Å². The zero-order chi connectivity index (χ0) is 18.7. The molecule has 0 radical (unpaired) electrons. The molecule has 4 atom stereocenters. The number of amides is 2. The standard InChI is InChI=1S/C19H26N4O3/c1-18(2,3)10-23-11-19-6-5-12(26-19)14(15(19)17(23)25)16(24)22(4)9-13-20-7-8-21-13/h5-8,12,14-15H,9-11H2,1-4H3,(H,20,21)/t12-,14-,15-,19-/m0/s1. The molecule has 140 valence electrons. The average molecular weight is 358 g/mol. The maximum atomic E-state index is 13.1. The number of likely N-dealkylation sites (tertiary alicyclic amines) is 1. The fraction of sp³-hybridized carbons (Fsp3) is 0.632. The number of aromatic amines is 1. The van der Waals surface area contributed by atoms with Crippen molar-refractivity contribution in [2.75, 3.05) is 20.1 Å². The molecule has 0 aliphatic carbocycles. The van der Waals surface area contributed by atoms with Gasteiger partial charge in [-0.25, -0.2) is 4.98 Å². The molecule has 1 aromatic heterocycles. The van der Waals surface area contributed by atoms with Gasteiger partial charge in [0, 0.05) is 26.0 Å². The van der Waals surface area contributed by atoms with Gasteiger partial charge in [0.25, 0.3) is 0 Å². The smallest absolute Gasteiger partial charge is 0.230 e. The minimum atomic E-state index is -0.640. The van der Waals surface area contributed by atoms with E-state index in [1.165, 1.54) is 0 Å². The zero-order valence-electron chi connectivity index (χ0n) is 15.7. The van der Waals surface area contributed by atoms with Gasteiger partial charge in [0.2, 0.25) is 11.8 Å². The van der Waals surface area contributed by atoms with Crippen LogP contribution >= 0.6 is 0 Å². The van der Waals surface area contributed by atoms with Crippen LogP contribution in [0, 0.1) is 17.3 Å². The predicted molar refractivity (Wildman–Crippen MR) is 94.8 cm³/mol. The van der Waals surface area contributed by atoms with Crippen LogP contribution in [0.1, 0.15) is 26.6 Å². The van der Waals surface area contributed by atoms with E-state index in [1.54, 1.807) is 24.3 Å². The first-order chi connectivity index (χ1) is 12.2. The molecule has 4 heterocycles. The molecule has 1 N–H and O–H groups in total. The van der Waals surface area contributed by atoms with Gasteiger partial charge in [-0.05, 0) is 5.41 Å². The molecule has 3 aliphatic rings. The van der Waals surface area contributed by atoms with Crippen LogP contribution in [-0.4, -0.2) is 63.4 Å². The average Bonchev–Trinajstić information content (AvgIpc) is 3.29. The fourth-order valence-corrected chi connectivity index (χ4v) is 4.51. The van der Waals surface area contributed by atoms with Crippen LogP contribution in [0.4, 0.5) is 0 Å². The number of rotatable bonds is 4. The van der Waals surface area contributed by atoms with Crippen LogP contribution < -0.4 is 0 Å². The maximum absolute atomic E-state index is 13.1. The monoisotopic (exact) mass is 358 g/mol. The Morgan fingerprint density at radius 2 is 2.27 bits per heavy atom. The summed E-state index contributed by atoms with van der Waals surface area (Å²) in [6, 6.07) is 0. The third kappa shape index (κ3) is 2.65. The lowest BCUT2D eigenvalue weighted by atomic mass is 9.76. The highest BCUT2D eigenvalue weighted by Crippen LogP contribution is 2.52. The number of carbonyl (C=O) groups excluding carboxylic acids is 2. The Labute approximate surface area is 153 Å². The Hall–Kier alpha value is -2.15. The number of nitrogens with one attached hydrogen (secondary N) is 1. The summed E-state index contributed by atoms with van der Waals surface area (Å²) < 4.78 is 6.17. The molecule has 0 aromatic carbocycles. The fourth-order valence-electron chi connectivity index (χ4n) is 4.51. The van der Waals surface area contributed by atoms with Gasteiger partial charge in [0.05, 0.1) is 31.0 Å². The Balaban J connectivity index is 1.56. The van der Waals surface area contributed by atoms with Crippen LogP contribution in [0.5, 0.6) is 0 Å². The number of aromatic nitrogens is 2. The Morgan fingerprint density at radius 3 is 2.92 bits per heavy atom. The molecule has 2 bridgehead atoms. The number of fused-ring (bicyclic) bond motifs is 1. The van der Waals surface area contributed by atoms with Gasteiger partial charge >= 0.3 is 0 Å². The molecule has 1 spiro atoms. The Morgan fingerprint density at radius 1 is 1.50 bits per heavy atom. The largest absolute Gasteiger partial charge is 0.360 e. The summed E-state index contributed by atoms with van der Waals surface area (Å²) in [6.07, 6.45) is 7.04. The molecule has 4 rings (SSSR count). The van der Waals surface area contributed by atoms with Crippen molar-refractivity contribution in [2.45, 2.75) is 39.0 Å². The van der Waals surface area contributed by atoms with Gasteiger partial charge in [0.1, 0.15) is 11.4 Å². The van der Waals surface area contributed by atoms with Gasteiger partial charge in [-0.2, -0.15) is 0 Å². The van der Waals surface area contributed by atoms with E-state index in [0.29, 0.717) is 19.6 Å². The van der Waals surface area contributed by atoms with E-state index in [1.807, 2.05) is 17.1 Å². The number of hydrogen-bond donors (Lipinski definition) is 1. The summed E-state index contributed by atoms with van der Waals surface area (Å²) >= 11 is 0. The highest BCUT2D eigenvalue weighted by atomic mass is 16.5. The van der Waals surface area contributed by atoms with E-state index in [0.717, 1.165) is 5.82 Å². The summed E-state index contributed by atoms with van der Waals surface area (Å²) in [5.74, 6) is -0.184. The molecule has 2 saturated heterocycles. The quantitative estimate of drug-likeness (QED) is 0.821. The second-order valence-electron chi connectivity index (χ2n) is 8.89. The van der Waals surface area contributed by atoms with Gasteiger partial charge in [0.15, 0.2) is 0 Å². The van der Waals surface area contributed by atoms with Crippen molar-refractivity contribution in [2.24, 2.45) is 17.3 Å². The number of H-pyrrole nitrogens is 1. The molecule has 2 fully saturated rings. The van der Waals surface area contributed by atoms with Gasteiger partial charge in [-0.3, -0.25) is 9.59 Å². The van der Waals surface area contributed by atoms with Crippen molar-refractivity contribution >= 4 is 11.8 Å². The van der Waals surface area contributed by atoms with Crippen LogP contribution in [0.25, 0.3) is 0 Å². The van der Waals surface area contributed by atoms with Crippen LogP contribution in [0.2, 0.25) is 0 Å². The zero-order valence-corrected chi connectivity index (χ0v) is 15.7. The molecule has 0 unspecified atom stereocenters. The minimum absolute atomic E-state index is 0.00222. The summed E-state index contributed by atoms with van der Waals surface area (Å²) in [4.78, 5) is 36.9. The second-order valence-corrected chi connectivity index (χ2v) is 8.89. The first kappa shape index (κ1) is 17.3. The van der Waals surface area contributed by atoms with E-state index in [2.05, 4.69) is 30.7 Å². The molecular formula is C19H26N4O3. The molecule has 1 aromatic rings. The third-order valence-corrected chi connectivity index (χ3v) is 5.45. The highest BCUT2D eigenvalue weighted by Gasteiger charge is 2.67. The lowest BCUT2D eigenvalue weighted by Crippen LogP contribution is -2.45. The molecule has 7 nitrogen and oxygen atoms in total. The van der Waals surface area contributed by atoms with Gasteiger partial charge < -0.3 is 19.5 Å². The summed E-state index contributed by atoms with van der Waals surface area (Å²) in [5, 5.41) is 0. The first-order valence-corrected chi connectivity index (χ1v) is 9.09. The Kier molecular flexibility index (Phi) is 3.77. The second kappa shape index (κ2) is 5.67. The molecule has 26 heavy (non-hydrogen) atoms. The summed E-state index contributed by atoms with van der Waals surface area (Å²) in [7, 11) is 1.75. The van der Waals surface area contributed by atoms with E-state index in [-0.39, 0.29) is 23.3 Å². The van der Waals surface area contributed by atoms with Crippen molar-refractivity contribution in [3.8, 4) is 0 Å². The summed E-state index contributed by atoms with van der Waals surface area (Å²) in [5.41, 5.74) is -0.638. The topological polar surface area (TPSA) is 78.5 Å². The van der Waals surface area contributed by atoms with Crippen molar-refractivity contribution < 1.29 is 14.3 Å². The lowest BCUT2D eigenvalue weighted by molar-refractivity contribution is -0.143. The van der Waals surface area contributed by atoms with Crippen molar-refractivity contribution in [1.82, 2.24) is 19.8 Å². The van der Waals surface area contributed by atoms with Gasteiger partial charge in [-0.1, -0.05) is 32.9 Å². The first-order valence-electron chi connectivity index (χ1n) is 9.09. The van der Waals surface area contributed by atoms with Crippen molar-refractivity contribution in [1.29, 1.82) is 0 Å². The van der Waals surface area contributed by atoms with Crippen molar-refractivity contribution in [3.05, 3.63) is 30.4 Å². The van der Waals surface area contributed by atoms with Gasteiger partial charge in [-0.15, -0.1) is 0 Å².